The number of carbonyl (C=O) groups excluding carboxylic acids is 1. The van der Waals surface area contributed by atoms with E-state index in [9.17, 15) is 14.7 Å². The molecule has 4 atom stereocenters. The van der Waals surface area contributed by atoms with E-state index in [2.05, 4.69) is 0 Å². The molecule has 6 nitrogen and oxygen atoms in total. The molecule has 4 unspecified atom stereocenters. The van der Waals surface area contributed by atoms with E-state index in [0.717, 1.165) is 25.7 Å². The van der Waals surface area contributed by atoms with Crippen LogP contribution < -0.4 is 5.73 Å². The van der Waals surface area contributed by atoms with Crippen molar-refractivity contribution < 1.29 is 19.4 Å². The summed E-state index contributed by atoms with van der Waals surface area (Å²) in [6.45, 7) is 0.357. The largest absolute Gasteiger partial charge is 0.480 e. The van der Waals surface area contributed by atoms with Gasteiger partial charge in [-0.25, -0.2) is 4.79 Å². The van der Waals surface area contributed by atoms with Crippen LogP contribution in [0.15, 0.2) is 0 Å². The second-order valence-corrected chi connectivity index (χ2v) is 5.49. The Bertz CT molecular complexity index is 361. The number of hydrogen-bond acceptors (Lipinski definition) is 4. The van der Waals surface area contributed by atoms with Crippen LogP contribution in [-0.2, 0) is 14.3 Å². The molecule has 1 aliphatic heterocycles. The lowest BCUT2D eigenvalue weighted by Crippen LogP contribution is -2.49. The van der Waals surface area contributed by atoms with Gasteiger partial charge < -0.3 is 20.5 Å². The molecule has 2 aliphatic rings. The molecule has 108 valence electrons. The smallest absolute Gasteiger partial charge is 0.326 e. The standard InChI is InChI=1S/C13H22N2O4/c1-19-8-6-11(13(17)18)15(7-8)12(16)9-4-2-3-5-10(9)14/h8-11H,2-7,14H2,1H3,(H,17,18). The maximum atomic E-state index is 12.5. The topological polar surface area (TPSA) is 92.9 Å². The summed E-state index contributed by atoms with van der Waals surface area (Å²) in [4.78, 5) is 25.2. The van der Waals surface area contributed by atoms with E-state index in [1.165, 1.54) is 4.90 Å². The van der Waals surface area contributed by atoms with Crippen molar-refractivity contribution >= 4 is 11.9 Å². The fourth-order valence-electron chi connectivity index (χ4n) is 3.13. The first-order valence-corrected chi connectivity index (χ1v) is 6.86. The summed E-state index contributed by atoms with van der Waals surface area (Å²) in [6.07, 6.45) is 3.82. The van der Waals surface area contributed by atoms with Gasteiger partial charge in [0.15, 0.2) is 0 Å². The van der Waals surface area contributed by atoms with E-state index in [0.29, 0.717) is 13.0 Å². The van der Waals surface area contributed by atoms with E-state index in [-0.39, 0.29) is 24.0 Å². The van der Waals surface area contributed by atoms with Crippen molar-refractivity contribution in [2.45, 2.75) is 50.3 Å². The minimum Gasteiger partial charge on any atom is -0.480 e. The van der Waals surface area contributed by atoms with Gasteiger partial charge in [-0.2, -0.15) is 0 Å². The number of aliphatic carboxylic acids is 1. The number of carbonyl (C=O) groups is 2. The third kappa shape index (κ3) is 2.90. The van der Waals surface area contributed by atoms with Gasteiger partial charge in [-0.1, -0.05) is 12.8 Å². The van der Waals surface area contributed by atoms with Gasteiger partial charge in [0.05, 0.1) is 12.0 Å². The molecule has 0 aromatic heterocycles. The SMILES string of the molecule is COC1CC(C(=O)O)N(C(=O)C2CCCCC2N)C1. The molecule has 1 aliphatic carbocycles. The molecule has 6 heteroatoms. The Morgan fingerprint density at radius 2 is 2.00 bits per heavy atom. The zero-order valence-electron chi connectivity index (χ0n) is 11.2. The van der Waals surface area contributed by atoms with Crippen molar-refractivity contribution in [3.8, 4) is 0 Å². The maximum Gasteiger partial charge on any atom is 0.326 e. The summed E-state index contributed by atoms with van der Waals surface area (Å²) in [6, 6.07) is -0.913. The predicted molar refractivity (Wildman–Crippen MR) is 68.5 cm³/mol. The van der Waals surface area contributed by atoms with Crippen LogP contribution >= 0.6 is 0 Å². The van der Waals surface area contributed by atoms with E-state index >= 15 is 0 Å². The molecule has 1 heterocycles. The third-order valence-corrected chi connectivity index (χ3v) is 4.30. The molecule has 0 radical (unpaired) electrons. The minimum absolute atomic E-state index is 0.112. The highest BCUT2D eigenvalue weighted by molar-refractivity contribution is 5.86. The first-order valence-electron chi connectivity index (χ1n) is 6.86. The average molecular weight is 270 g/mol. The van der Waals surface area contributed by atoms with E-state index in [4.69, 9.17) is 10.5 Å². The van der Waals surface area contributed by atoms with Gasteiger partial charge in [0, 0.05) is 26.1 Å². The lowest BCUT2D eigenvalue weighted by molar-refractivity contribution is -0.150. The Kier molecular flexibility index (Phi) is 4.42. The third-order valence-electron chi connectivity index (χ3n) is 4.30. The number of amides is 1. The molecule has 19 heavy (non-hydrogen) atoms. The molecule has 2 rings (SSSR count). The van der Waals surface area contributed by atoms with Crippen LogP contribution in [0.2, 0.25) is 0 Å². The number of carboxylic acid groups (broad SMARTS) is 1. The lowest BCUT2D eigenvalue weighted by atomic mass is 9.84. The van der Waals surface area contributed by atoms with Crippen LogP contribution in [0, 0.1) is 5.92 Å². The molecule has 1 saturated heterocycles. The van der Waals surface area contributed by atoms with Crippen molar-refractivity contribution in [3.05, 3.63) is 0 Å². The number of nitrogens with two attached hydrogens (primary N) is 1. The fraction of sp³-hybridized carbons (Fsp3) is 0.846. The van der Waals surface area contributed by atoms with Crippen LogP contribution in [0.25, 0.3) is 0 Å². The van der Waals surface area contributed by atoms with Crippen LogP contribution in [0.4, 0.5) is 0 Å². The van der Waals surface area contributed by atoms with Crippen LogP contribution in [0.5, 0.6) is 0 Å². The first kappa shape index (κ1) is 14.3. The van der Waals surface area contributed by atoms with E-state index in [1.54, 1.807) is 7.11 Å². The van der Waals surface area contributed by atoms with Crippen molar-refractivity contribution in [2.24, 2.45) is 11.7 Å². The van der Waals surface area contributed by atoms with Gasteiger partial charge in [-0.3, -0.25) is 4.79 Å². The number of hydrogen-bond donors (Lipinski definition) is 2. The highest BCUT2D eigenvalue weighted by Crippen LogP contribution is 2.29. The molecular weight excluding hydrogens is 248 g/mol. The monoisotopic (exact) mass is 270 g/mol. The molecule has 0 spiro atoms. The molecule has 0 aromatic carbocycles. The Balaban J connectivity index is 2.09. The summed E-state index contributed by atoms with van der Waals surface area (Å²) >= 11 is 0. The number of methoxy groups -OCH3 is 1. The second-order valence-electron chi connectivity index (χ2n) is 5.49. The molecule has 2 fully saturated rings. The predicted octanol–water partition coefficient (Wildman–Crippen LogP) is 0.204. The van der Waals surface area contributed by atoms with Gasteiger partial charge in [0.25, 0.3) is 0 Å². The van der Waals surface area contributed by atoms with E-state index < -0.39 is 12.0 Å². The highest BCUT2D eigenvalue weighted by Gasteiger charge is 2.43. The minimum atomic E-state index is -0.961. The van der Waals surface area contributed by atoms with Crippen molar-refractivity contribution in [1.29, 1.82) is 0 Å². The Hall–Kier alpha value is -1.14. The summed E-state index contributed by atoms with van der Waals surface area (Å²) in [5.41, 5.74) is 6.01. The lowest BCUT2D eigenvalue weighted by Gasteiger charge is -2.32. The number of rotatable bonds is 3. The Labute approximate surface area is 112 Å². The molecule has 0 bridgehead atoms. The van der Waals surface area contributed by atoms with Gasteiger partial charge in [-0.15, -0.1) is 0 Å². The summed E-state index contributed by atoms with van der Waals surface area (Å²) in [5, 5.41) is 9.23. The maximum absolute atomic E-state index is 12.5. The first-order chi connectivity index (χ1) is 9.04. The van der Waals surface area contributed by atoms with Gasteiger partial charge in [0.1, 0.15) is 6.04 Å². The van der Waals surface area contributed by atoms with Crippen molar-refractivity contribution in [2.75, 3.05) is 13.7 Å². The second kappa shape index (κ2) is 5.88. The van der Waals surface area contributed by atoms with Gasteiger partial charge >= 0.3 is 5.97 Å². The normalized spacial score (nSPS) is 35.4. The summed E-state index contributed by atoms with van der Waals surface area (Å²) < 4.78 is 5.20. The highest BCUT2D eigenvalue weighted by atomic mass is 16.5. The number of carboxylic acids is 1. The fourth-order valence-corrected chi connectivity index (χ4v) is 3.13. The molecule has 1 saturated carbocycles. The number of likely N-dealkylation sites (tertiary alicyclic amines) is 1. The number of ether oxygens (including phenoxy) is 1. The zero-order chi connectivity index (χ0) is 14.0. The molecular formula is C13H22N2O4. The van der Waals surface area contributed by atoms with Gasteiger partial charge in [-0.05, 0) is 12.8 Å². The van der Waals surface area contributed by atoms with Crippen molar-refractivity contribution in [3.63, 3.8) is 0 Å². The summed E-state index contributed by atoms with van der Waals surface area (Å²) in [7, 11) is 1.55. The van der Waals surface area contributed by atoms with E-state index in [1.807, 2.05) is 0 Å². The van der Waals surface area contributed by atoms with Crippen LogP contribution in [0.3, 0.4) is 0 Å². The van der Waals surface area contributed by atoms with Crippen LogP contribution in [-0.4, -0.2) is 53.7 Å². The zero-order valence-corrected chi connectivity index (χ0v) is 11.2. The van der Waals surface area contributed by atoms with Crippen molar-refractivity contribution in [1.82, 2.24) is 4.90 Å². The van der Waals surface area contributed by atoms with Crippen LogP contribution in [0.1, 0.15) is 32.1 Å². The molecule has 1 amide bonds. The Morgan fingerprint density at radius 1 is 1.32 bits per heavy atom. The number of nitrogens with zero attached hydrogens (tertiary/aromatic N) is 1. The van der Waals surface area contributed by atoms with Gasteiger partial charge in [0.2, 0.25) is 5.91 Å². The molecule has 3 N–H and O–H groups in total. The quantitative estimate of drug-likeness (QED) is 0.764. The molecule has 0 aromatic rings. The average Bonchev–Trinajstić information content (AvgIpc) is 2.83. The summed E-state index contributed by atoms with van der Waals surface area (Å²) in [5.74, 6) is -1.30. The Morgan fingerprint density at radius 3 is 2.58 bits per heavy atom.